The number of benzene rings is 1. The minimum absolute atomic E-state index is 0.115. The van der Waals surface area contributed by atoms with Gasteiger partial charge in [0.05, 0.1) is 13.2 Å². The van der Waals surface area contributed by atoms with Crippen molar-refractivity contribution in [3.63, 3.8) is 0 Å². The maximum atomic E-state index is 12.3. The molecule has 2 amide bonds. The van der Waals surface area contributed by atoms with Gasteiger partial charge >= 0.3 is 6.09 Å². The Morgan fingerprint density at radius 2 is 2.08 bits per heavy atom. The average molecular weight is 333 g/mol. The van der Waals surface area contributed by atoms with Crippen LogP contribution in [0.4, 0.5) is 16.2 Å². The van der Waals surface area contributed by atoms with E-state index in [-0.39, 0.29) is 12.5 Å². The fourth-order valence-electron chi connectivity index (χ4n) is 2.94. The summed E-state index contributed by atoms with van der Waals surface area (Å²) in [6.07, 6.45) is 1.79. The maximum Gasteiger partial charge on any atom is 0.411 e. The van der Waals surface area contributed by atoms with Crippen LogP contribution in [0.3, 0.4) is 0 Å². The predicted octanol–water partition coefficient (Wildman–Crippen LogP) is 3.23. The van der Waals surface area contributed by atoms with Gasteiger partial charge in [0.1, 0.15) is 0 Å². The highest BCUT2D eigenvalue weighted by Gasteiger charge is 2.20. The highest BCUT2D eigenvalue weighted by Crippen LogP contribution is 2.23. The van der Waals surface area contributed by atoms with Crippen molar-refractivity contribution in [2.24, 2.45) is 5.92 Å². The molecule has 1 heterocycles. The third-order valence-electron chi connectivity index (χ3n) is 4.29. The van der Waals surface area contributed by atoms with Crippen LogP contribution in [0.15, 0.2) is 18.2 Å². The number of piperidine rings is 1. The highest BCUT2D eigenvalue weighted by molar-refractivity contribution is 5.87. The van der Waals surface area contributed by atoms with Crippen LogP contribution < -0.4 is 10.6 Å². The molecule has 2 N–H and O–H groups in total. The molecule has 24 heavy (non-hydrogen) atoms. The number of nitrogens with zero attached hydrogens (tertiary/aromatic N) is 1. The van der Waals surface area contributed by atoms with Crippen molar-refractivity contribution >= 4 is 23.4 Å². The molecular weight excluding hydrogens is 306 g/mol. The number of likely N-dealkylation sites (tertiary alicyclic amines) is 1. The Hall–Kier alpha value is -2.24. The minimum atomic E-state index is -0.476. The number of hydrogen-bond donors (Lipinski definition) is 2. The second kappa shape index (κ2) is 8.57. The van der Waals surface area contributed by atoms with Gasteiger partial charge in [-0.15, -0.1) is 0 Å². The lowest BCUT2D eigenvalue weighted by atomic mass is 10.0. The molecule has 1 unspecified atom stereocenters. The first-order chi connectivity index (χ1) is 11.5. The van der Waals surface area contributed by atoms with E-state index in [4.69, 9.17) is 4.74 Å². The van der Waals surface area contributed by atoms with Crippen molar-refractivity contribution in [1.29, 1.82) is 0 Å². The van der Waals surface area contributed by atoms with Crippen molar-refractivity contribution in [3.8, 4) is 0 Å². The second-order valence-corrected chi connectivity index (χ2v) is 6.26. The SMILES string of the molecule is CCOC(=O)Nc1cccc(NCC(=O)N2CCCC(C)C2)c1C. The first-order valence-electron chi connectivity index (χ1n) is 8.56. The Bertz CT molecular complexity index is 589. The molecule has 0 radical (unpaired) electrons. The van der Waals surface area contributed by atoms with Gasteiger partial charge in [-0.1, -0.05) is 13.0 Å². The standard InChI is InChI=1S/C18H27N3O3/c1-4-24-18(23)20-16-9-5-8-15(14(16)3)19-11-17(22)21-10-6-7-13(2)12-21/h5,8-9,13,19H,4,6-7,10-12H2,1-3H3,(H,20,23). The molecule has 2 rings (SSSR count). The van der Waals surface area contributed by atoms with Gasteiger partial charge in [0.2, 0.25) is 5.91 Å². The normalized spacial score (nSPS) is 17.3. The summed E-state index contributed by atoms with van der Waals surface area (Å²) in [5.41, 5.74) is 2.39. The van der Waals surface area contributed by atoms with E-state index in [0.717, 1.165) is 30.8 Å². The zero-order chi connectivity index (χ0) is 17.5. The lowest BCUT2D eigenvalue weighted by Gasteiger charge is -2.31. The van der Waals surface area contributed by atoms with E-state index < -0.39 is 6.09 Å². The van der Waals surface area contributed by atoms with Crippen LogP contribution in [-0.2, 0) is 9.53 Å². The van der Waals surface area contributed by atoms with Gasteiger partial charge in [-0.05, 0) is 50.3 Å². The van der Waals surface area contributed by atoms with Crippen molar-refractivity contribution in [3.05, 3.63) is 23.8 Å². The summed E-state index contributed by atoms with van der Waals surface area (Å²) in [5.74, 6) is 0.686. The second-order valence-electron chi connectivity index (χ2n) is 6.26. The molecule has 1 aliphatic heterocycles. The third kappa shape index (κ3) is 4.88. The molecule has 6 heteroatoms. The van der Waals surface area contributed by atoms with Crippen LogP contribution in [0.1, 0.15) is 32.3 Å². The fraction of sp³-hybridized carbons (Fsp3) is 0.556. The molecule has 0 bridgehead atoms. The summed E-state index contributed by atoms with van der Waals surface area (Å²) in [4.78, 5) is 25.8. The summed E-state index contributed by atoms with van der Waals surface area (Å²) in [6, 6.07) is 5.55. The Morgan fingerprint density at radius 1 is 1.33 bits per heavy atom. The van der Waals surface area contributed by atoms with Crippen LogP contribution in [0.5, 0.6) is 0 Å². The number of carbonyl (C=O) groups is 2. The number of hydrogen-bond acceptors (Lipinski definition) is 4. The van der Waals surface area contributed by atoms with Gasteiger partial charge in [0.15, 0.2) is 0 Å². The number of ether oxygens (including phenoxy) is 1. The highest BCUT2D eigenvalue weighted by atomic mass is 16.5. The van der Waals surface area contributed by atoms with E-state index >= 15 is 0 Å². The lowest BCUT2D eigenvalue weighted by molar-refractivity contribution is -0.130. The van der Waals surface area contributed by atoms with E-state index in [1.54, 1.807) is 6.92 Å². The Morgan fingerprint density at radius 3 is 2.79 bits per heavy atom. The summed E-state index contributed by atoms with van der Waals surface area (Å²) in [6.45, 7) is 8.11. The summed E-state index contributed by atoms with van der Waals surface area (Å²) < 4.78 is 4.90. The number of amides is 2. The Balaban J connectivity index is 1.94. The maximum absolute atomic E-state index is 12.3. The van der Waals surface area contributed by atoms with Crippen LogP contribution in [0, 0.1) is 12.8 Å². The largest absolute Gasteiger partial charge is 0.450 e. The predicted molar refractivity (Wildman–Crippen MR) is 95.3 cm³/mol. The van der Waals surface area contributed by atoms with E-state index in [9.17, 15) is 9.59 Å². The number of carbonyl (C=O) groups excluding carboxylic acids is 2. The molecule has 0 aliphatic carbocycles. The molecular formula is C18H27N3O3. The molecule has 6 nitrogen and oxygen atoms in total. The first kappa shape index (κ1) is 18.1. The summed E-state index contributed by atoms with van der Waals surface area (Å²) in [5, 5.41) is 5.90. The van der Waals surface area contributed by atoms with Gasteiger partial charge in [-0.25, -0.2) is 4.79 Å². The molecule has 132 valence electrons. The van der Waals surface area contributed by atoms with Gasteiger partial charge in [-0.3, -0.25) is 10.1 Å². The first-order valence-corrected chi connectivity index (χ1v) is 8.56. The molecule has 1 atom stereocenters. The van der Waals surface area contributed by atoms with Crippen LogP contribution >= 0.6 is 0 Å². The summed E-state index contributed by atoms with van der Waals surface area (Å²) in [7, 11) is 0. The quantitative estimate of drug-likeness (QED) is 0.868. The summed E-state index contributed by atoms with van der Waals surface area (Å²) >= 11 is 0. The fourth-order valence-corrected chi connectivity index (χ4v) is 2.94. The molecule has 1 aliphatic rings. The van der Waals surface area contributed by atoms with Gasteiger partial charge in [0.25, 0.3) is 0 Å². The van der Waals surface area contributed by atoms with Crippen molar-refractivity contribution in [1.82, 2.24) is 4.90 Å². The van der Waals surface area contributed by atoms with E-state index in [2.05, 4.69) is 17.6 Å². The van der Waals surface area contributed by atoms with Crippen molar-refractivity contribution in [2.75, 3.05) is 36.9 Å². The average Bonchev–Trinajstić information content (AvgIpc) is 2.55. The molecule has 0 aromatic heterocycles. The molecule has 1 aromatic carbocycles. The molecule has 1 saturated heterocycles. The van der Waals surface area contributed by atoms with Gasteiger partial charge in [-0.2, -0.15) is 0 Å². The number of nitrogens with one attached hydrogen (secondary N) is 2. The van der Waals surface area contributed by atoms with Gasteiger partial charge in [0, 0.05) is 24.5 Å². The zero-order valence-corrected chi connectivity index (χ0v) is 14.7. The van der Waals surface area contributed by atoms with E-state index in [1.807, 2.05) is 30.0 Å². The van der Waals surface area contributed by atoms with E-state index in [0.29, 0.717) is 18.2 Å². The molecule has 1 aromatic rings. The molecule has 1 fully saturated rings. The Kier molecular flexibility index (Phi) is 6.46. The Labute approximate surface area is 143 Å². The smallest absolute Gasteiger partial charge is 0.411 e. The minimum Gasteiger partial charge on any atom is -0.450 e. The number of rotatable bonds is 5. The monoisotopic (exact) mass is 333 g/mol. The van der Waals surface area contributed by atoms with Crippen LogP contribution in [0.2, 0.25) is 0 Å². The topological polar surface area (TPSA) is 70.7 Å². The zero-order valence-electron chi connectivity index (χ0n) is 14.7. The van der Waals surface area contributed by atoms with Crippen LogP contribution in [0.25, 0.3) is 0 Å². The number of anilines is 2. The van der Waals surface area contributed by atoms with Crippen LogP contribution in [-0.4, -0.2) is 43.1 Å². The van der Waals surface area contributed by atoms with Crippen molar-refractivity contribution in [2.45, 2.75) is 33.6 Å². The van der Waals surface area contributed by atoms with E-state index in [1.165, 1.54) is 6.42 Å². The van der Waals surface area contributed by atoms with Gasteiger partial charge < -0.3 is 15.0 Å². The lowest BCUT2D eigenvalue weighted by Crippen LogP contribution is -2.42. The third-order valence-corrected chi connectivity index (χ3v) is 4.29. The van der Waals surface area contributed by atoms with Crippen molar-refractivity contribution < 1.29 is 14.3 Å². The molecule has 0 saturated carbocycles. The molecule has 0 spiro atoms.